The molecule has 0 spiro atoms. The zero-order chi connectivity index (χ0) is 28.6. The van der Waals surface area contributed by atoms with Crippen molar-refractivity contribution in [3.8, 4) is 5.69 Å². The van der Waals surface area contributed by atoms with Gasteiger partial charge in [-0.3, -0.25) is 4.79 Å². The molecule has 0 radical (unpaired) electrons. The molecule has 6 rings (SSSR count). The lowest BCUT2D eigenvalue weighted by Gasteiger charge is -2.22. The number of nitrogens with zero attached hydrogens (tertiary/aromatic N) is 2. The summed E-state index contributed by atoms with van der Waals surface area (Å²) in [6.07, 6.45) is -0.122. The van der Waals surface area contributed by atoms with Crippen LogP contribution in [0, 0.1) is 5.92 Å². The first kappa shape index (κ1) is 27.2. The molecule has 0 aliphatic heterocycles. The van der Waals surface area contributed by atoms with Gasteiger partial charge in [0.1, 0.15) is 5.69 Å². The van der Waals surface area contributed by atoms with Crippen molar-refractivity contribution in [3.63, 3.8) is 0 Å². The fourth-order valence-corrected chi connectivity index (χ4v) is 5.14. The summed E-state index contributed by atoms with van der Waals surface area (Å²) in [7, 11) is 0. The Morgan fingerprint density at radius 1 is 0.951 bits per heavy atom. The lowest BCUT2D eigenvalue weighted by molar-refractivity contribution is -0.141. The minimum absolute atomic E-state index is 0.0764. The molecule has 6 nitrogen and oxygen atoms in total. The first-order valence-electron chi connectivity index (χ1n) is 14.0. The maximum atomic E-state index is 13.7. The van der Waals surface area contributed by atoms with Crippen LogP contribution in [0.1, 0.15) is 76.1 Å². The molecule has 4 N–H and O–H groups in total. The highest BCUT2D eigenvalue weighted by Gasteiger charge is 2.36. The van der Waals surface area contributed by atoms with Crippen molar-refractivity contribution in [1.29, 1.82) is 0 Å². The predicted octanol–water partition coefficient (Wildman–Crippen LogP) is 6.57. The van der Waals surface area contributed by atoms with Gasteiger partial charge in [0.2, 0.25) is 0 Å². The second kappa shape index (κ2) is 11.1. The third kappa shape index (κ3) is 6.36. The molecular weight excluding hydrogens is 527 g/mol. The Morgan fingerprint density at radius 2 is 1.73 bits per heavy atom. The van der Waals surface area contributed by atoms with Crippen molar-refractivity contribution < 1.29 is 18.0 Å². The summed E-state index contributed by atoms with van der Waals surface area (Å²) in [4.78, 5) is 13.6. The lowest BCUT2D eigenvalue weighted by atomic mass is 9.95. The first-order chi connectivity index (χ1) is 19.8. The number of hydrogen-bond donors (Lipinski definition) is 3. The maximum absolute atomic E-state index is 13.7. The van der Waals surface area contributed by atoms with Gasteiger partial charge in [0.15, 0.2) is 5.69 Å². The normalized spacial score (nSPS) is 16.0. The topological polar surface area (TPSA) is 85.0 Å². The van der Waals surface area contributed by atoms with Crippen molar-refractivity contribution >= 4 is 11.6 Å². The highest BCUT2D eigenvalue weighted by Crippen LogP contribution is 2.42. The number of alkyl halides is 3. The Hall–Kier alpha value is -3.95. The second-order valence-corrected chi connectivity index (χ2v) is 11.0. The van der Waals surface area contributed by atoms with Gasteiger partial charge < -0.3 is 16.4 Å². The smallest absolute Gasteiger partial charge is 0.326 e. The van der Waals surface area contributed by atoms with Gasteiger partial charge in [-0.1, -0.05) is 48.5 Å². The van der Waals surface area contributed by atoms with Crippen molar-refractivity contribution in [1.82, 2.24) is 15.1 Å². The molecular formula is C32H32F3N5O. The number of rotatable bonds is 10. The largest absolute Gasteiger partial charge is 0.435 e. The number of nitrogens with two attached hydrogens (primary N) is 1. The maximum Gasteiger partial charge on any atom is 0.435 e. The van der Waals surface area contributed by atoms with Crippen LogP contribution in [0.25, 0.3) is 5.69 Å². The highest BCUT2D eigenvalue weighted by atomic mass is 19.4. The number of nitrogens with one attached hydrogen (secondary N) is 2. The molecule has 4 aromatic rings. The fraction of sp³-hybridized carbons (Fsp3) is 0.312. The molecule has 2 saturated carbocycles. The van der Waals surface area contributed by atoms with E-state index in [1.54, 1.807) is 24.3 Å². The van der Waals surface area contributed by atoms with E-state index in [0.29, 0.717) is 28.8 Å². The molecule has 9 heteroatoms. The molecule has 2 aliphatic carbocycles. The van der Waals surface area contributed by atoms with Gasteiger partial charge in [0, 0.05) is 18.3 Å². The summed E-state index contributed by atoms with van der Waals surface area (Å²) in [5.41, 5.74) is 9.22. The van der Waals surface area contributed by atoms with Crippen molar-refractivity contribution in [2.75, 3.05) is 11.9 Å². The van der Waals surface area contributed by atoms with Crippen LogP contribution in [0.15, 0.2) is 78.9 Å². The molecule has 2 aliphatic rings. The van der Waals surface area contributed by atoms with Gasteiger partial charge in [-0.25, -0.2) is 4.68 Å². The van der Waals surface area contributed by atoms with Crippen LogP contribution in [-0.4, -0.2) is 22.2 Å². The van der Waals surface area contributed by atoms with E-state index in [0.717, 1.165) is 46.8 Å². The van der Waals surface area contributed by atoms with Crippen molar-refractivity contribution in [3.05, 3.63) is 113 Å². The zero-order valence-corrected chi connectivity index (χ0v) is 22.5. The Bertz CT molecular complexity index is 1540. The molecule has 41 heavy (non-hydrogen) atoms. The predicted molar refractivity (Wildman–Crippen MR) is 152 cm³/mol. The van der Waals surface area contributed by atoms with E-state index in [1.165, 1.54) is 12.8 Å². The molecule has 2 fully saturated rings. The van der Waals surface area contributed by atoms with Gasteiger partial charge in [-0.05, 0) is 90.6 Å². The van der Waals surface area contributed by atoms with E-state index in [2.05, 4.69) is 33.9 Å². The average molecular weight is 560 g/mol. The monoisotopic (exact) mass is 559 g/mol. The Morgan fingerprint density at radius 3 is 2.41 bits per heavy atom. The van der Waals surface area contributed by atoms with E-state index in [-0.39, 0.29) is 18.3 Å². The van der Waals surface area contributed by atoms with Crippen molar-refractivity contribution in [2.24, 2.45) is 11.7 Å². The number of carbonyl (C=O) groups is 1. The molecule has 1 aromatic heterocycles. The number of hydrogen-bond acceptors (Lipinski definition) is 4. The number of aromatic nitrogens is 2. The molecule has 1 unspecified atom stereocenters. The summed E-state index contributed by atoms with van der Waals surface area (Å²) in [6, 6.07) is 23.6. The standard InChI is InChI=1S/C32H32F3N5O/c33-32(34,35)29-17-28(40(39-29)27-8-4-5-21(13-27)18-36)31(41)38-26-15-24(22-11-12-22)14-25(16-26)30(37-19-20-9-10-20)23-6-2-1-3-7-23/h1-8,13-17,20,22,30,37H,9-12,18-19,36H2,(H,38,41). The van der Waals surface area contributed by atoms with E-state index in [9.17, 15) is 18.0 Å². The molecule has 3 aromatic carbocycles. The number of carbonyl (C=O) groups excluding carboxylic acids is 1. The zero-order valence-electron chi connectivity index (χ0n) is 22.5. The van der Waals surface area contributed by atoms with E-state index >= 15 is 0 Å². The van der Waals surface area contributed by atoms with Crippen LogP contribution < -0.4 is 16.4 Å². The third-order valence-corrected chi connectivity index (χ3v) is 7.68. The quantitative estimate of drug-likeness (QED) is 0.205. The first-order valence-corrected chi connectivity index (χ1v) is 14.0. The van der Waals surface area contributed by atoms with Crippen molar-refractivity contribution in [2.45, 2.75) is 50.4 Å². The van der Waals surface area contributed by atoms with Crippen LogP contribution >= 0.6 is 0 Å². The number of anilines is 1. The van der Waals surface area contributed by atoms with Crippen LogP contribution in [0.4, 0.5) is 18.9 Å². The van der Waals surface area contributed by atoms with Gasteiger partial charge >= 0.3 is 6.18 Å². The number of benzene rings is 3. The number of amides is 1. The molecule has 212 valence electrons. The van der Waals surface area contributed by atoms with Gasteiger partial charge in [-0.15, -0.1) is 0 Å². The summed E-state index contributed by atoms with van der Waals surface area (Å²) in [5.74, 6) is 0.409. The summed E-state index contributed by atoms with van der Waals surface area (Å²) in [6.45, 7) is 1.10. The lowest BCUT2D eigenvalue weighted by Crippen LogP contribution is -2.25. The minimum atomic E-state index is -4.71. The average Bonchev–Trinajstić information content (AvgIpc) is 3.91. The third-order valence-electron chi connectivity index (χ3n) is 7.68. The van der Waals surface area contributed by atoms with Gasteiger partial charge in [-0.2, -0.15) is 18.3 Å². The van der Waals surface area contributed by atoms with E-state index in [1.807, 2.05) is 30.3 Å². The van der Waals surface area contributed by atoms with Crippen LogP contribution in [-0.2, 0) is 12.7 Å². The molecule has 1 amide bonds. The second-order valence-electron chi connectivity index (χ2n) is 11.0. The molecule has 0 saturated heterocycles. The van der Waals surface area contributed by atoms with Gasteiger partial charge in [0.05, 0.1) is 11.7 Å². The number of halogens is 3. The Balaban J connectivity index is 1.36. The van der Waals surface area contributed by atoms with Crippen LogP contribution in [0.3, 0.4) is 0 Å². The van der Waals surface area contributed by atoms with Crippen LogP contribution in [0.5, 0.6) is 0 Å². The summed E-state index contributed by atoms with van der Waals surface area (Å²) in [5, 5.41) is 10.4. The Kier molecular flexibility index (Phi) is 7.40. The van der Waals surface area contributed by atoms with E-state index in [4.69, 9.17) is 5.73 Å². The summed E-state index contributed by atoms with van der Waals surface area (Å²) < 4.78 is 42.1. The SMILES string of the molecule is NCc1cccc(-n2nc(C(F)(F)F)cc2C(=O)Nc2cc(C3CC3)cc(C(NCC3CC3)c3ccccc3)c2)c1. The minimum Gasteiger partial charge on any atom is -0.326 e. The highest BCUT2D eigenvalue weighted by molar-refractivity contribution is 6.03. The Labute approximate surface area is 236 Å². The summed E-state index contributed by atoms with van der Waals surface area (Å²) >= 11 is 0. The van der Waals surface area contributed by atoms with E-state index < -0.39 is 17.8 Å². The van der Waals surface area contributed by atoms with Gasteiger partial charge in [0.25, 0.3) is 5.91 Å². The molecule has 1 atom stereocenters. The van der Waals surface area contributed by atoms with Crippen LogP contribution in [0.2, 0.25) is 0 Å². The fourth-order valence-electron chi connectivity index (χ4n) is 5.14. The molecule has 1 heterocycles. The molecule has 0 bridgehead atoms.